The Morgan fingerprint density at radius 3 is 2.41 bits per heavy atom. The molecule has 2 N–H and O–H groups in total. The third kappa shape index (κ3) is 4.60. The molecule has 4 heteroatoms. The number of carbonyl (C=O) groups is 1. The Balaban J connectivity index is 1.81. The number of aryl methyl sites for hydroxylation is 1. The van der Waals surface area contributed by atoms with Crippen LogP contribution in [-0.4, -0.2) is 24.2 Å². The highest BCUT2D eigenvalue weighted by Crippen LogP contribution is 2.18. The number of nitrogens with one attached hydrogen (secondary N) is 1. The summed E-state index contributed by atoms with van der Waals surface area (Å²) in [4.78, 5) is 11.8. The SMILES string of the molecule is Cc1ccc(OCC(=O)NCC(C)(O)c2ccccc2)cc1. The summed E-state index contributed by atoms with van der Waals surface area (Å²) in [6, 6.07) is 16.7. The van der Waals surface area contributed by atoms with Crippen LogP contribution >= 0.6 is 0 Å². The first-order chi connectivity index (χ1) is 10.5. The van der Waals surface area contributed by atoms with Crippen LogP contribution in [0.5, 0.6) is 5.75 Å². The largest absolute Gasteiger partial charge is 0.484 e. The van der Waals surface area contributed by atoms with E-state index in [1.165, 1.54) is 0 Å². The zero-order valence-corrected chi connectivity index (χ0v) is 12.9. The predicted molar refractivity (Wildman–Crippen MR) is 85.7 cm³/mol. The second-order valence-corrected chi connectivity index (χ2v) is 5.52. The number of rotatable bonds is 6. The maximum atomic E-state index is 11.8. The normalized spacial score (nSPS) is 13.2. The molecule has 0 bridgehead atoms. The minimum Gasteiger partial charge on any atom is -0.484 e. The molecule has 0 saturated carbocycles. The van der Waals surface area contributed by atoms with Crippen LogP contribution in [0.4, 0.5) is 0 Å². The van der Waals surface area contributed by atoms with Gasteiger partial charge >= 0.3 is 0 Å². The smallest absolute Gasteiger partial charge is 0.258 e. The molecule has 116 valence electrons. The van der Waals surface area contributed by atoms with Crippen LogP contribution < -0.4 is 10.1 Å². The van der Waals surface area contributed by atoms with Crippen molar-refractivity contribution >= 4 is 5.91 Å². The van der Waals surface area contributed by atoms with E-state index in [-0.39, 0.29) is 19.1 Å². The van der Waals surface area contributed by atoms with Crippen LogP contribution in [0, 0.1) is 6.92 Å². The third-order valence-corrected chi connectivity index (χ3v) is 3.42. The van der Waals surface area contributed by atoms with Crippen molar-refractivity contribution in [3.05, 3.63) is 65.7 Å². The number of ether oxygens (including phenoxy) is 1. The van der Waals surface area contributed by atoms with E-state index in [2.05, 4.69) is 5.32 Å². The van der Waals surface area contributed by atoms with Gasteiger partial charge in [-0.05, 0) is 31.5 Å². The summed E-state index contributed by atoms with van der Waals surface area (Å²) in [6.45, 7) is 3.71. The van der Waals surface area contributed by atoms with Gasteiger partial charge in [-0.25, -0.2) is 0 Å². The topological polar surface area (TPSA) is 58.6 Å². The van der Waals surface area contributed by atoms with Gasteiger partial charge in [-0.15, -0.1) is 0 Å². The zero-order chi connectivity index (χ0) is 16.0. The molecule has 0 aliphatic carbocycles. The maximum absolute atomic E-state index is 11.8. The summed E-state index contributed by atoms with van der Waals surface area (Å²) in [5, 5.41) is 13.1. The summed E-state index contributed by atoms with van der Waals surface area (Å²) in [6.07, 6.45) is 0. The Morgan fingerprint density at radius 1 is 1.14 bits per heavy atom. The lowest BCUT2D eigenvalue weighted by Crippen LogP contribution is -2.40. The van der Waals surface area contributed by atoms with Gasteiger partial charge in [-0.2, -0.15) is 0 Å². The van der Waals surface area contributed by atoms with Gasteiger partial charge in [0.15, 0.2) is 6.61 Å². The van der Waals surface area contributed by atoms with Gasteiger partial charge in [-0.1, -0.05) is 48.0 Å². The number of hydrogen-bond donors (Lipinski definition) is 2. The summed E-state index contributed by atoms with van der Waals surface area (Å²) < 4.78 is 5.40. The number of carbonyl (C=O) groups excluding carboxylic acids is 1. The fraction of sp³-hybridized carbons (Fsp3) is 0.278. The monoisotopic (exact) mass is 299 g/mol. The minimum absolute atomic E-state index is 0.0755. The highest BCUT2D eigenvalue weighted by atomic mass is 16.5. The first-order valence-corrected chi connectivity index (χ1v) is 7.21. The van der Waals surface area contributed by atoms with Gasteiger partial charge < -0.3 is 15.2 Å². The molecule has 2 aromatic rings. The van der Waals surface area contributed by atoms with E-state index in [9.17, 15) is 9.90 Å². The Kier molecular flexibility index (Phi) is 5.17. The van der Waals surface area contributed by atoms with E-state index >= 15 is 0 Å². The molecular weight excluding hydrogens is 278 g/mol. The van der Waals surface area contributed by atoms with Crippen molar-refractivity contribution in [2.75, 3.05) is 13.2 Å². The third-order valence-electron chi connectivity index (χ3n) is 3.42. The average molecular weight is 299 g/mol. The maximum Gasteiger partial charge on any atom is 0.258 e. The molecule has 2 aromatic carbocycles. The summed E-state index contributed by atoms with van der Waals surface area (Å²) in [5.74, 6) is 0.382. The predicted octanol–water partition coefficient (Wildman–Crippen LogP) is 2.40. The van der Waals surface area contributed by atoms with Crippen LogP contribution in [-0.2, 0) is 10.4 Å². The molecule has 0 heterocycles. The first kappa shape index (κ1) is 16.0. The molecule has 0 aliphatic heterocycles. The van der Waals surface area contributed by atoms with Crippen molar-refractivity contribution in [2.24, 2.45) is 0 Å². The lowest BCUT2D eigenvalue weighted by Gasteiger charge is -2.24. The van der Waals surface area contributed by atoms with Gasteiger partial charge in [0.25, 0.3) is 5.91 Å². The summed E-state index contributed by atoms with van der Waals surface area (Å²) in [7, 11) is 0. The Morgan fingerprint density at radius 2 is 1.77 bits per heavy atom. The molecule has 1 unspecified atom stereocenters. The summed E-state index contributed by atoms with van der Waals surface area (Å²) >= 11 is 0. The van der Waals surface area contributed by atoms with Crippen molar-refractivity contribution < 1.29 is 14.6 Å². The van der Waals surface area contributed by atoms with Crippen molar-refractivity contribution in [3.63, 3.8) is 0 Å². The van der Waals surface area contributed by atoms with E-state index in [0.717, 1.165) is 11.1 Å². The quantitative estimate of drug-likeness (QED) is 0.861. The molecule has 1 amide bonds. The van der Waals surface area contributed by atoms with Crippen molar-refractivity contribution in [1.82, 2.24) is 5.32 Å². The van der Waals surface area contributed by atoms with Crippen LogP contribution in [0.15, 0.2) is 54.6 Å². The molecule has 22 heavy (non-hydrogen) atoms. The standard InChI is InChI=1S/C18H21NO3/c1-14-8-10-16(11-9-14)22-12-17(20)19-13-18(2,21)15-6-4-3-5-7-15/h3-11,21H,12-13H2,1-2H3,(H,19,20). The van der Waals surface area contributed by atoms with E-state index in [1.807, 2.05) is 61.5 Å². The number of hydrogen-bond acceptors (Lipinski definition) is 3. The molecule has 4 nitrogen and oxygen atoms in total. The molecule has 1 atom stereocenters. The van der Waals surface area contributed by atoms with E-state index in [1.54, 1.807) is 6.92 Å². The van der Waals surface area contributed by atoms with Gasteiger partial charge in [0.1, 0.15) is 11.4 Å². The molecule has 0 fully saturated rings. The molecule has 2 rings (SSSR count). The molecule has 0 radical (unpaired) electrons. The lowest BCUT2D eigenvalue weighted by molar-refractivity contribution is -0.124. The van der Waals surface area contributed by atoms with Gasteiger partial charge in [-0.3, -0.25) is 4.79 Å². The van der Waals surface area contributed by atoms with E-state index in [0.29, 0.717) is 5.75 Å². The van der Waals surface area contributed by atoms with Crippen LogP contribution in [0.1, 0.15) is 18.1 Å². The second-order valence-electron chi connectivity index (χ2n) is 5.52. The number of aliphatic hydroxyl groups is 1. The molecular formula is C18H21NO3. The zero-order valence-electron chi connectivity index (χ0n) is 12.9. The van der Waals surface area contributed by atoms with Crippen LogP contribution in [0.2, 0.25) is 0 Å². The molecule has 0 aliphatic rings. The van der Waals surface area contributed by atoms with Gasteiger partial charge in [0, 0.05) is 0 Å². The molecule has 0 aromatic heterocycles. The molecule has 0 saturated heterocycles. The fourth-order valence-corrected chi connectivity index (χ4v) is 2.00. The first-order valence-electron chi connectivity index (χ1n) is 7.21. The van der Waals surface area contributed by atoms with Gasteiger partial charge in [0.2, 0.25) is 0 Å². The minimum atomic E-state index is -1.11. The Bertz CT molecular complexity index is 606. The molecule has 0 spiro atoms. The van der Waals surface area contributed by atoms with E-state index < -0.39 is 5.60 Å². The highest BCUT2D eigenvalue weighted by molar-refractivity contribution is 5.77. The van der Waals surface area contributed by atoms with Crippen molar-refractivity contribution in [1.29, 1.82) is 0 Å². The lowest BCUT2D eigenvalue weighted by atomic mass is 9.96. The van der Waals surface area contributed by atoms with Gasteiger partial charge in [0.05, 0.1) is 6.54 Å². The van der Waals surface area contributed by atoms with Crippen molar-refractivity contribution in [2.45, 2.75) is 19.4 Å². The second kappa shape index (κ2) is 7.09. The highest BCUT2D eigenvalue weighted by Gasteiger charge is 2.23. The average Bonchev–Trinajstić information content (AvgIpc) is 2.53. The fourth-order valence-electron chi connectivity index (χ4n) is 2.00. The van der Waals surface area contributed by atoms with E-state index in [4.69, 9.17) is 4.74 Å². The number of amides is 1. The van der Waals surface area contributed by atoms with Crippen molar-refractivity contribution in [3.8, 4) is 5.75 Å². The summed E-state index contributed by atoms with van der Waals surface area (Å²) in [5.41, 5.74) is 0.784. The van der Waals surface area contributed by atoms with Crippen LogP contribution in [0.25, 0.3) is 0 Å². The Hall–Kier alpha value is -2.33. The number of benzene rings is 2. The van der Waals surface area contributed by atoms with Crippen LogP contribution in [0.3, 0.4) is 0 Å². The Labute approximate surface area is 130 Å².